The SMILES string of the molecule is N#Cc1cccc(-c2cc(C34C[C@H]5C[C@H](C3)C[C@@H](C4)C5)ccc2-c2ccc(-c3nc(-c4ccccc4)nc(-c4ccccc4-c4ccccc4)n3)cc2)c1. The zero-order valence-corrected chi connectivity index (χ0v) is 30.2. The second-order valence-corrected chi connectivity index (χ2v) is 15.8. The average Bonchev–Trinajstić information content (AvgIpc) is 3.23. The van der Waals surface area contributed by atoms with E-state index in [1.165, 1.54) is 55.2 Å². The molecule has 4 aliphatic rings. The van der Waals surface area contributed by atoms with E-state index in [1.807, 2.05) is 60.7 Å². The summed E-state index contributed by atoms with van der Waals surface area (Å²) in [6, 6.07) is 55.2. The monoisotopic (exact) mass is 696 g/mol. The Hall–Kier alpha value is -6.18. The Bertz CT molecular complexity index is 2500. The molecular formula is C50H40N4. The van der Waals surface area contributed by atoms with Gasteiger partial charge in [0, 0.05) is 16.7 Å². The standard InChI is InChI=1S/C50H40N4/c51-32-33-10-9-15-41(27-33)46-28-42(50-29-34-24-35(30-50)26-36(25-34)31-50)22-23-44(46)38-18-20-40(21-19-38)48-52-47(39-13-5-2-6-14-39)53-49(54-48)45-17-8-7-16-43(45)37-11-3-1-4-12-37/h1-23,27-28,34-36H,24-26,29-31H2/t34-,35-,36-,50?. The third-order valence-electron chi connectivity index (χ3n) is 12.3. The summed E-state index contributed by atoms with van der Waals surface area (Å²) in [5.74, 6) is 4.54. The molecule has 4 heteroatoms. The summed E-state index contributed by atoms with van der Waals surface area (Å²) in [4.78, 5) is 15.2. The lowest BCUT2D eigenvalue weighted by molar-refractivity contribution is -0.00516. The molecule has 0 radical (unpaired) electrons. The predicted octanol–water partition coefficient (Wildman–Crippen LogP) is 12.2. The lowest BCUT2D eigenvalue weighted by Crippen LogP contribution is -2.48. The summed E-state index contributed by atoms with van der Waals surface area (Å²) < 4.78 is 0. The third kappa shape index (κ3) is 5.91. The largest absolute Gasteiger partial charge is 0.208 e. The molecule has 11 rings (SSSR count). The van der Waals surface area contributed by atoms with Crippen molar-refractivity contribution < 1.29 is 0 Å². The van der Waals surface area contributed by atoms with Crippen LogP contribution in [0, 0.1) is 29.1 Å². The van der Waals surface area contributed by atoms with Crippen LogP contribution in [0.5, 0.6) is 0 Å². The van der Waals surface area contributed by atoms with Crippen LogP contribution in [0.4, 0.5) is 0 Å². The van der Waals surface area contributed by atoms with Gasteiger partial charge in [0.1, 0.15) is 0 Å². The average molecular weight is 697 g/mol. The van der Waals surface area contributed by atoms with Gasteiger partial charge in [0.15, 0.2) is 17.5 Å². The number of aromatic nitrogens is 3. The highest BCUT2D eigenvalue weighted by atomic mass is 15.0. The van der Waals surface area contributed by atoms with Crippen LogP contribution in [-0.4, -0.2) is 15.0 Å². The van der Waals surface area contributed by atoms with Crippen LogP contribution in [0.25, 0.3) is 67.5 Å². The summed E-state index contributed by atoms with van der Waals surface area (Å²) in [7, 11) is 0. The van der Waals surface area contributed by atoms with Crippen molar-refractivity contribution in [3.8, 4) is 73.6 Å². The van der Waals surface area contributed by atoms with E-state index in [-0.39, 0.29) is 5.41 Å². The Labute approximate surface area is 317 Å². The van der Waals surface area contributed by atoms with Gasteiger partial charge >= 0.3 is 0 Å². The van der Waals surface area contributed by atoms with Crippen LogP contribution in [-0.2, 0) is 5.41 Å². The van der Waals surface area contributed by atoms with Gasteiger partial charge in [-0.05, 0) is 119 Å². The highest BCUT2D eigenvalue weighted by Gasteiger charge is 2.51. The maximum Gasteiger partial charge on any atom is 0.164 e. The van der Waals surface area contributed by atoms with Gasteiger partial charge in [-0.15, -0.1) is 0 Å². The fourth-order valence-electron chi connectivity index (χ4n) is 10.3. The molecule has 4 saturated carbocycles. The van der Waals surface area contributed by atoms with Crippen LogP contribution in [0.2, 0.25) is 0 Å². The predicted molar refractivity (Wildman–Crippen MR) is 217 cm³/mol. The van der Waals surface area contributed by atoms with Gasteiger partial charge in [0.2, 0.25) is 0 Å². The molecule has 0 saturated heterocycles. The van der Waals surface area contributed by atoms with Crippen molar-refractivity contribution in [1.29, 1.82) is 5.26 Å². The van der Waals surface area contributed by atoms with Gasteiger partial charge < -0.3 is 0 Å². The lowest BCUT2D eigenvalue weighted by Gasteiger charge is -2.57. The molecule has 0 unspecified atom stereocenters. The van der Waals surface area contributed by atoms with Gasteiger partial charge in [0.25, 0.3) is 0 Å². The van der Waals surface area contributed by atoms with Crippen molar-refractivity contribution in [2.24, 2.45) is 17.8 Å². The van der Waals surface area contributed by atoms with Gasteiger partial charge in [-0.2, -0.15) is 5.26 Å². The van der Waals surface area contributed by atoms with Crippen molar-refractivity contribution in [1.82, 2.24) is 15.0 Å². The Balaban J connectivity index is 1.07. The Morgan fingerprint density at radius 1 is 0.426 bits per heavy atom. The van der Waals surface area contributed by atoms with E-state index in [4.69, 9.17) is 15.0 Å². The Kier molecular flexibility index (Phi) is 8.02. The summed E-state index contributed by atoms with van der Waals surface area (Å²) in [6.45, 7) is 0. The van der Waals surface area contributed by atoms with E-state index in [0.717, 1.165) is 56.7 Å². The van der Waals surface area contributed by atoms with Crippen molar-refractivity contribution in [3.63, 3.8) is 0 Å². The van der Waals surface area contributed by atoms with Gasteiger partial charge in [-0.3, -0.25) is 0 Å². The normalized spacial score (nSPS) is 21.1. The number of nitrogens with zero attached hydrogens (tertiary/aromatic N) is 4. The van der Waals surface area contributed by atoms with Crippen molar-refractivity contribution in [3.05, 3.63) is 163 Å². The second-order valence-electron chi connectivity index (χ2n) is 15.8. The van der Waals surface area contributed by atoms with E-state index in [2.05, 4.69) is 97.1 Å². The minimum atomic E-state index is 0.282. The second kappa shape index (κ2) is 13.3. The summed E-state index contributed by atoms with van der Waals surface area (Å²) in [5, 5.41) is 9.83. The van der Waals surface area contributed by atoms with Gasteiger partial charge in [-0.1, -0.05) is 133 Å². The molecule has 0 aliphatic heterocycles. The molecule has 4 aliphatic carbocycles. The zero-order valence-electron chi connectivity index (χ0n) is 30.2. The first-order chi connectivity index (χ1) is 26.6. The van der Waals surface area contributed by atoms with E-state index in [0.29, 0.717) is 23.0 Å². The highest BCUT2D eigenvalue weighted by molar-refractivity contribution is 5.86. The molecular weight excluding hydrogens is 657 g/mol. The first kappa shape index (κ1) is 32.5. The molecule has 0 atom stereocenters. The van der Waals surface area contributed by atoms with Crippen molar-refractivity contribution >= 4 is 0 Å². The summed E-state index contributed by atoms with van der Waals surface area (Å²) in [6.07, 6.45) is 8.24. The van der Waals surface area contributed by atoms with Gasteiger partial charge in [-0.25, -0.2) is 15.0 Å². The molecule has 0 spiro atoms. The van der Waals surface area contributed by atoms with E-state index < -0.39 is 0 Å². The zero-order chi connectivity index (χ0) is 36.1. The van der Waals surface area contributed by atoms with Crippen LogP contribution >= 0.6 is 0 Å². The lowest BCUT2D eigenvalue weighted by atomic mass is 9.48. The summed E-state index contributed by atoms with van der Waals surface area (Å²) >= 11 is 0. The molecule has 260 valence electrons. The topological polar surface area (TPSA) is 62.5 Å². The molecule has 1 heterocycles. The van der Waals surface area contributed by atoms with Crippen LogP contribution in [0.1, 0.15) is 49.7 Å². The van der Waals surface area contributed by atoms with E-state index >= 15 is 0 Å². The van der Waals surface area contributed by atoms with Crippen molar-refractivity contribution in [2.45, 2.75) is 43.9 Å². The quantitative estimate of drug-likeness (QED) is 0.166. The first-order valence-electron chi connectivity index (χ1n) is 19.3. The molecule has 54 heavy (non-hydrogen) atoms. The Morgan fingerprint density at radius 3 is 1.57 bits per heavy atom. The smallest absolute Gasteiger partial charge is 0.164 e. The highest BCUT2D eigenvalue weighted by Crippen LogP contribution is 2.61. The summed E-state index contributed by atoms with van der Waals surface area (Å²) in [5.41, 5.74) is 12.1. The molecule has 4 fully saturated rings. The molecule has 1 aromatic heterocycles. The van der Waals surface area contributed by atoms with E-state index in [1.54, 1.807) is 0 Å². The fraction of sp³-hybridized carbons (Fsp3) is 0.200. The molecule has 6 aromatic carbocycles. The molecule has 4 bridgehead atoms. The van der Waals surface area contributed by atoms with Crippen LogP contribution in [0.3, 0.4) is 0 Å². The number of nitriles is 1. The number of benzene rings is 6. The maximum absolute atomic E-state index is 9.83. The van der Waals surface area contributed by atoms with Crippen molar-refractivity contribution in [2.75, 3.05) is 0 Å². The van der Waals surface area contributed by atoms with Crippen LogP contribution < -0.4 is 0 Å². The van der Waals surface area contributed by atoms with E-state index in [9.17, 15) is 5.26 Å². The minimum Gasteiger partial charge on any atom is -0.208 e. The van der Waals surface area contributed by atoms with Crippen LogP contribution in [0.15, 0.2) is 152 Å². The number of hydrogen-bond donors (Lipinski definition) is 0. The molecule has 7 aromatic rings. The molecule has 0 amide bonds. The fourth-order valence-corrected chi connectivity index (χ4v) is 10.3. The third-order valence-corrected chi connectivity index (χ3v) is 12.3. The minimum absolute atomic E-state index is 0.282. The Morgan fingerprint density at radius 2 is 0.926 bits per heavy atom. The number of hydrogen-bond acceptors (Lipinski definition) is 4. The maximum atomic E-state index is 9.83. The van der Waals surface area contributed by atoms with Gasteiger partial charge in [0.05, 0.1) is 11.6 Å². The number of rotatable bonds is 7. The molecule has 0 N–H and O–H groups in total. The molecule has 4 nitrogen and oxygen atoms in total. The first-order valence-corrected chi connectivity index (χ1v) is 19.3.